The first-order valence-electron chi connectivity index (χ1n) is 11.1. The monoisotopic (exact) mass is 486 g/mol. The van der Waals surface area contributed by atoms with Crippen LogP contribution in [0.2, 0.25) is 18.1 Å². The van der Waals surface area contributed by atoms with Gasteiger partial charge in [-0.05, 0) is 48.8 Å². The SMILES string of the molecule is Cc1ccc(S(=O)(=O)N2CC(O[Si](C)(C)C(C)(C)C)=CCN(Cc3ccccc3)C2=O)cc1. The maximum atomic E-state index is 13.6. The Morgan fingerprint density at radius 1 is 1.00 bits per heavy atom. The van der Waals surface area contributed by atoms with E-state index in [-0.39, 0.29) is 23.0 Å². The highest BCUT2D eigenvalue weighted by molar-refractivity contribution is 7.89. The van der Waals surface area contributed by atoms with Crippen molar-refractivity contribution in [3.63, 3.8) is 0 Å². The van der Waals surface area contributed by atoms with Crippen LogP contribution < -0.4 is 0 Å². The summed E-state index contributed by atoms with van der Waals surface area (Å²) in [4.78, 5) is 15.2. The van der Waals surface area contributed by atoms with E-state index < -0.39 is 24.4 Å². The summed E-state index contributed by atoms with van der Waals surface area (Å²) in [6.07, 6.45) is 1.85. The van der Waals surface area contributed by atoms with E-state index in [1.54, 1.807) is 29.2 Å². The summed E-state index contributed by atoms with van der Waals surface area (Å²) in [5.74, 6) is 0.529. The van der Waals surface area contributed by atoms with E-state index in [4.69, 9.17) is 4.43 Å². The summed E-state index contributed by atoms with van der Waals surface area (Å²) in [6.45, 7) is 13.0. The molecule has 2 aromatic carbocycles. The second kappa shape index (κ2) is 9.35. The highest BCUT2D eigenvalue weighted by Gasteiger charge is 2.42. The lowest BCUT2D eigenvalue weighted by molar-refractivity contribution is 0.183. The lowest BCUT2D eigenvalue weighted by atomic mass is 10.2. The summed E-state index contributed by atoms with van der Waals surface area (Å²) in [5, 5.41) is -0.0610. The number of rotatable bonds is 6. The van der Waals surface area contributed by atoms with Gasteiger partial charge in [-0.2, -0.15) is 0 Å². The molecule has 2 amide bonds. The molecule has 1 aliphatic rings. The van der Waals surface area contributed by atoms with Gasteiger partial charge in [0.2, 0.25) is 8.32 Å². The van der Waals surface area contributed by atoms with Crippen molar-refractivity contribution in [1.82, 2.24) is 9.21 Å². The molecular formula is C25H34N2O4SSi. The number of hydrogen-bond donors (Lipinski definition) is 0. The first-order valence-corrected chi connectivity index (χ1v) is 15.5. The third-order valence-corrected chi connectivity index (χ3v) is 12.5. The topological polar surface area (TPSA) is 66.9 Å². The third-order valence-electron chi connectivity index (χ3n) is 6.34. The summed E-state index contributed by atoms with van der Waals surface area (Å²) >= 11 is 0. The number of nitrogens with zero attached hydrogens (tertiary/aromatic N) is 2. The molecule has 0 aliphatic carbocycles. The minimum Gasteiger partial charge on any atom is -0.545 e. The zero-order valence-corrected chi connectivity index (χ0v) is 22.1. The van der Waals surface area contributed by atoms with Crippen molar-refractivity contribution in [3.05, 3.63) is 77.6 Å². The predicted octanol–water partition coefficient (Wildman–Crippen LogP) is 5.53. The van der Waals surface area contributed by atoms with E-state index in [2.05, 4.69) is 33.9 Å². The molecule has 0 spiro atoms. The first kappa shape index (κ1) is 25.0. The molecule has 178 valence electrons. The molecule has 0 bridgehead atoms. The van der Waals surface area contributed by atoms with Crippen LogP contribution in [0.4, 0.5) is 4.79 Å². The molecule has 0 fully saturated rings. The molecule has 0 N–H and O–H groups in total. The molecule has 0 saturated carbocycles. The number of aryl methyl sites for hydroxylation is 1. The van der Waals surface area contributed by atoms with Crippen LogP contribution in [-0.2, 0) is 21.0 Å². The lowest BCUT2D eigenvalue weighted by Crippen LogP contribution is -2.46. The van der Waals surface area contributed by atoms with Crippen molar-refractivity contribution < 1.29 is 17.6 Å². The van der Waals surface area contributed by atoms with Gasteiger partial charge in [0.05, 0.1) is 17.2 Å². The van der Waals surface area contributed by atoms with Gasteiger partial charge in [0, 0.05) is 13.1 Å². The molecule has 0 unspecified atom stereocenters. The van der Waals surface area contributed by atoms with Gasteiger partial charge in [-0.1, -0.05) is 68.8 Å². The highest BCUT2D eigenvalue weighted by Crippen LogP contribution is 2.38. The number of sulfonamides is 1. The van der Waals surface area contributed by atoms with Crippen LogP contribution in [0.3, 0.4) is 0 Å². The van der Waals surface area contributed by atoms with Gasteiger partial charge in [0.1, 0.15) is 0 Å². The van der Waals surface area contributed by atoms with E-state index in [1.807, 2.05) is 43.3 Å². The number of urea groups is 1. The maximum Gasteiger partial charge on any atom is 0.334 e. The Bertz CT molecular complexity index is 1120. The second-order valence-corrected chi connectivity index (χ2v) is 16.6. The van der Waals surface area contributed by atoms with E-state index in [1.165, 1.54) is 0 Å². The van der Waals surface area contributed by atoms with E-state index in [0.29, 0.717) is 12.3 Å². The van der Waals surface area contributed by atoms with Gasteiger partial charge in [-0.15, -0.1) is 0 Å². The molecule has 0 saturated heterocycles. The number of hydrogen-bond acceptors (Lipinski definition) is 4. The van der Waals surface area contributed by atoms with Crippen LogP contribution >= 0.6 is 0 Å². The minimum absolute atomic E-state index is 0.0610. The maximum absolute atomic E-state index is 13.6. The summed E-state index contributed by atoms with van der Waals surface area (Å²) in [5.41, 5.74) is 1.88. The Morgan fingerprint density at radius 2 is 1.61 bits per heavy atom. The van der Waals surface area contributed by atoms with Crippen molar-refractivity contribution in [2.75, 3.05) is 13.1 Å². The molecule has 1 aliphatic heterocycles. The van der Waals surface area contributed by atoms with Crippen molar-refractivity contribution in [1.29, 1.82) is 0 Å². The lowest BCUT2D eigenvalue weighted by Gasteiger charge is -2.37. The van der Waals surface area contributed by atoms with Crippen LogP contribution in [0.5, 0.6) is 0 Å². The molecule has 33 heavy (non-hydrogen) atoms. The molecule has 0 aromatic heterocycles. The first-order chi connectivity index (χ1) is 15.3. The van der Waals surface area contributed by atoms with Gasteiger partial charge < -0.3 is 9.33 Å². The molecular weight excluding hydrogens is 452 g/mol. The quantitative estimate of drug-likeness (QED) is 0.504. The van der Waals surface area contributed by atoms with Gasteiger partial charge in [-0.25, -0.2) is 17.5 Å². The Morgan fingerprint density at radius 3 is 2.18 bits per heavy atom. The number of carbonyl (C=O) groups is 1. The Labute approximate surface area is 199 Å². The normalized spacial score (nSPS) is 15.8. The van der Waals surface area contributed by atoms with Crippen LogP contribution in [-0.4, -0.2) is 45.1 Å². The molecule has 1 heterocycles. The van der Waals surface area contributed by atoms with Crippen LogP contribution in [0.1, 0.15) is 31.9 Å². The standard InChI is InChI=1S/C25H34N2O4SSi/c1-20-12-14-23(15-13-20)32(29,30)27-19-22(31-33(5,6)25(2,3)4)16-17-26(24(27)28)18-21-10-8-7-9-11-21/h7-16H,17-19H2,1-6H3. The Balaban J connectivity index is 2.00. The smallest absolute Gasteiger partial charge is 0.334 e. The second-order valence-electron chi connectivity index (χ2n) is 10.0. The van der Waals surface area contributed by atoms with E-state index in [0.717, 1.165) is 15.4 Å². The molecule has 3 rings (SSSR count). The van der Waals surface area contributed by atoms with Gasteiger partial charge >= 0.3 is 6.03 Å². The third kappa shape index (κ3) is 5.68. The minimum atomic E-state index is -4.06. The van der Waals surface area contributed by atoms with Crippen LogP contribution in [0, 0.1) is 6.92 Å². The fraction of sp³-hybridized carbons (Fsp3) is 0.400. The summed E-state index contributed by atoms with van der Waals surface area (Å²) in [7, 11) is -6.29. The molecule has 0 radical (unpaired) electrons. The fourth-order valence-corrected chi connectivity index (χ4v) is 5.70. The van der Waals surface area contributed by atoms with Gasteiger partial charge in [-0.3, -0.25) is 0 Å². The van der Waals surface area contributed by atoms with Crippen molar-refractivity contribution in [3.8, 4) is 0 Å². The number of benzene rings is 2. The zero-order chi connectivity index (χ0) is 24.4. The average molecular weight is 487 g/mol. The number of carbonyl (C=O) groups excluding carboxylic acids is 1. The summed E-state index contributed by atoms with van der Waals surface area (Å²) < 4.78 is 34.6. The van der Waals surface area contributed by atoms with Crippen molar-refractivity contribution in [2.24, 2.45) is 0 Å². The van der Waals surface area contributed by atoms with Gasteiger partial charge in [0.25, 0.3) is 10.0 Å². The average Bonchev–Trinajstić information content (AvgIpc) is 2.88. The number of amides is 2. The predicted molar refractivity (Wildman–Crippen MR) is 134 cm³/mol. The van der Waals surface area contributed by atoms with Crippen molar-refractivity contribution in [2.45, 2.75) is 57.3 Å². The molecule has 8 heteroatoms. The van der Waals surface area contributed by atoms with Gasteiger partial charge in [0.15, 0.2) is 0 Å². The Kier molecular flexibility index (Phi) is 7.09. The highest BCUT2D eigenvalue weighted by atomic mass is 32.2. The molecule has 6 nitrogen and oxygen atoms in total. The van der Waals surface area contributed by atoms with Crippen molar-refractivity contribution >= 4 is 24.4 Å². The van der Waals surface area contributed by atoms with Crippen LogP contribution in [0.25, 0.3) is 0 Å². The largest absolute Gasteiger partial charge is 0.545 e. The van der Waals surface area contributed by atoms with Crippen LogP contribution in [0.15, 0.2) is 71.3 Å². The van der Waals surface area contributed by atoms with E-state index in [9.17, 15) is 13.2 Å². The molecule has 0 atom stereocenters. The zero-order valence-electron chi connectivity index (χ0n) is 20.3. The summed E-state index contributed by atoms with van der Waals surface area (Å²) in [6, 6.07) is 15.6. The Hall–Kier alpha value is -2.58. The molecule has 2 aromatic rings. The fourth-order valence-electron chi connectivity index (χ4n) is 3.24. The van der Waals surface area contributed by atoms with E-state index >= 15 is 0 Å².